The summed E-state index contributed by atoms with van der Waals surface area (Å²) in [6, 6.07) is 8.89. The Bertz CT molecular complexity index is 1150. The standard InChI is InChI=1S/C35H52O7/c1-7-18-40-23-34(37-4)16-13-28-26-12-15-33(36)22-35(38-5,39-6)17-14-29(33)30(26)27(21-31(28,34)2)24-8-10-25(11-9-24)32(3)41-19-20-42-32/h8-11,26-28,36H,7,12-23H2,1-6H3/t26-,27+,28-,31-,33+,34+/m0/s1. The van der Waals surface area contributed by atoms with Gasteiger partial charge >= 0.3 is 0 Å². The summed E-state index contributed by atoms with van der Waals surface area (Å²) in [6.45, 7) is 9.25. The van der Waals surface area contributed by atoms with Crippen molar-refractivity contribution in [1.82, 2.24) is 0 Å². The molecule has 0 amide bonds. The molecule has 4 aliphatic carbocycles. The van der Waals surface area contributed by atoms with E-state index in [1.54, 1.807) is 14.2 Å². The number of allylic oxidation sites excluding steroid dienone is 1. The molecule has 7 nitrogen and oxygen atoms in total. The van der Waals surface area contributed by atoms with Crippen molar-refractivity contribution in [2.75, 3.05) is 47.8 Å². The molecular weight excluding hydrogens is 532 g/mol. The molecule has 1 aliphatic heterocycles. The minimum Gasteiger partial charge on any atom is -0.385 e. The minimum absolute atomic E-state index is 0.0514. The Hall–Kier alpha value is -1.32. The van der Waals surface area contributed by atoms with Crippen molar-refractivity contribution in [3.05, 3.63) is 46.5 Å². The third kappa shape index (κ3) is 4.65. The maximum Gasteiger partial charge on any atom is 0.192 e. The van der Waals surface area contributed by atoms with Crippen molar-refractivity contribution in [3.63, 3.8) is 0 Å². The Morgan fingerprint density at radius 1 is 0.929 bits per heavy atom. The molecule has 0 bridgehead atoms. The van der Waals surface area contributed by atoms with Crippen LogP contribution in [0.15, 0.2) is 35.4 Å². The molecule has 6 rings (SSSR count). The molecular formula is C35H52O7. The summed E-state index contributed by atoms with van der Waals surface area (Å²) in [4.78, 5) is 0. The topological polar surface area (TPSA) is 75.6 Å². The van der Waals surface area contributed by atoms with E-state index in [-0.39, 0.29) is 16.9 Å². The molecule has 0 spiro atoms. The van der Waals surface area contributed by atoms with Crippen molar-refractivity contribution < 1.29 is 33.5 Å². The molecule has 1 aromatic carbocycles. The molecule has 1 N–H and O–H groups in total. The van der Waals surface area contributed by atoms with Crippen LogP contribution in [0, 0.1) is 17.3 Å². The first-order valence-electron chi connectivity index (χ1n) is 16.2. The lowest BCUT2D eigenvalue weighted by atomic mass is 9.49. The van der Waals surface area contributed by atoms with Crippen LogP contribution in [0.1, 0.15) is 95.6 Å². The summed E-state index contributed by atoms with van der Waals surface area (Å²) in [5.41, 5.74) is 3.76. The quantitative estimate of drug-likeness (QED) is 0.209. The van der Waals surface area contributed by atoms with Crippen LogP contribution in [0.5, 0.6) is 0 Å². The zero-order chi connectivity index (χ0) is 29.8. The van der Waals surface area contributed by atoms with E-state index >= 15 is 0 Å². The molecule has 0 aromatic heterocycles. The molecule has 7 heteroatoms. The first-order valence-corrected chi connectivity index (χ1v) is 16.2. The lowest BCUT2D eigenvalue weighted by Gasteiger charge is -2.58. The predicted octanol–water partition coefficient (Wildman–Crippen LogP) is 6.23. The molecule has 1 heterocycles. The van der Waals surface area contributed by atoms with E-state index in [9.17, 15) is 5.11 Å². The lowest BCUT2D eigenvalue weighted by Crippen LogP contribution is -2.57. The summed E-state index contributed by atoms with van der Waals surface area (Å²) < 4.78 is 36.4. The van der Waals surface area contributed by atoms with Gasteiger partial charge in [0.05, 0.1) is 31.0 Å². The van der Waals surface area contributed by atoms with Gasteiger partial charge in [0.25, 0.3) is 0 Å². The van der Waals surface area contributed by atoms with Gasteiger partial charge in [0.2, 0.25) is 0 Å². The van der Waals surface area contributed by atoms with Gasteiger partial charge in [0.1, 0.15) is 0 Å². The molecule has 1 saturated heterocycles. The Morgan fingerprint density at radius 3 is 2.29 bits per heavy atom. The fourth-order valence-corrected chi connectivity index (χ4v) is 9.79. The van der Waals surface area contributed by atoms with Crippen molar-refractivity contribution in [1.29, 1.82) is 0 Å². The number of rotatable bonds is 9. The third-order valence-electron chi connectivity index (χ3n) is 12.2. The summed E-state index contributed by atoms with van der Waals surface area (Å²) in [5.74, 6) is -0.359. The largest absolute Gasteiger partial charge is 0.385 e. The minimum atomic E-state index is -0.914. The number of methoxy groups -OCH3 is 3. The van der Waals surface area contributed by atoms with Crippen LogP contribution in [0.25, 0.3) is 0 Å². The summed E-state index contributed by atoms with van der Waals surface area (Å²) >= 11 is 0. The second-order valence-electron chi connectivity index (χ2n) is 13.9. The number of hydrogen-bond acceptors (Lipinski definition) is 7. The fourth-order valence-electron chi connectivity index (χ4n) is 9.79. The maximum absolute atomic E-state index is 12.3. The lowest BCUT2D eigenvalue weighted by molar-refractivity contribution is -0.246. The predicted molar refractivity (Wildman–Crippen MR) is 160 cm³/mol. The van der Waals surface area contributed by atoms with Crippen LogP contribution < -0.4 is 0 Å². The Kier molecular flexibility index (Phi) is 8.21. The third-order valence-corrected chi connectivity index (χ3v) is 12.2. The van der Waals surface area contributed by atoms with E-state index in [0.29, 0.717) is 38.1 Å². The highest BCUT2D eigenvalue weighted by molar-refractivity contribution is 5.44. The van der Waals surface area contributed by atoms with Gasteiger partial charge in [-0.2, -0.15) is 0 Å². The molecule has 4 fully saturated rings. The van der Waals surface area contributed by atoms with E-state index in [0.717, 1.165) is 63.5 Å². The highest BCUT2D eigenvalue weighted by Crippen LogP contribution is 2.68. The number of hydrogen-bond donors (Lipinski definition) is 1. The first kappa shape index (κ1) is 30.7. The van der Waals surface area contributed by atoms with Gasteiger partial charge in [-0.05, 0) is 74.8 Å². The number of ether oxygens (including phenoxy) is 6. The van der Waals surface area contributed by atoms with Gasteiger partial charge < -0.3 is 33.5 Å². The maximum atomic E-state index is 12.3. The van der Waals surface area contributed by atoms with E-state index in [4.69, 9.17) is 28.4 Å². The molecule has 234 valence electrons. The highest BCUT2D eigenvalue weighted by atomic mass is 16.7. The van der Waals surface area contributed by atoms with Gasteiger partial charge in [-0.1, -0.05) is 43.7 Å². The first-order chi connectivity index (χ1) is 20.1. The average molecular weight is 585 g/mol. The summed E-state index contributed by atoms with van der Waals surface area (Å²) in [6.07, 6.45) is 7.82. The second kappa shape index (κ2) is 11.2. The van der Waals surface area contributed by atoms with Gasteiger partial charge in [-0.15, -0.1) is 0 Å². The van der Waals surface area contributed by atoms with Crippen molar-refractivity contribution in [2.24, 2.45) is 17.3 Å². The monoisotopic (exact) mass is 584 g/mol. The molecule has 5 aliphatic rings. The SMILES string of the molecule is CCCOC[C@]1(OC)CC[C@H]2[C@@H]3CC[C@@]4(O)CC(OC)(OC)CCC4=C3[C@@H](c3ccc(C4(C)OCCO4)cc3)C[C@@]21C. The Morgan fingerprint density at radius 2 is 1.64 bits per heavy atom. The smallest absolute Gasteiger partial charge is 0.192 e. The number of aliphatic hydroxyl groups is 1. The van der Waals surface area contributed by atoms with Crippen molar-refractivity contribution in [2.45, 2.75) is 107 Å². The molecule has 6 atom stereocenters. The summed E-state index contributed by atoms with van der Waals surface area (Å²) in [7, 11) is 5.29. The van der Waals surface area contributed by atoms with Crippen LogP contribution in [-0.4, -0.2) is 69.9 Å². The van der Waals surface area contributed by atoms with Crippen LogP contribution in [0.3, 0.4) is 0 Å². The Labute approximate surface area is 252 Å². The van der Waals surface area contributed by atoms with Crippen LogP contribution in [0.4, 0.5) is 0 Å². The van der Waals surface area contributed by atoms with Crippen LogP contribution in [-0.2, 0) is 34.2 Å². The van der Waals surface area contributed by atoms with Crippen molar-refractivity contribution in [3.8, 4) is 0 Å². The van der Waals surface area contributed by atoms with Crippen LogP contribution in [0.2, 0.25) is 0 Å². The van der Waals surface area contributed by atoms with E-state index in [2.05, 4.69) is 38.1 Å². The van der Waals surface area contributed by atoms with E-state index in [1.807, 2.05) is 14.0 Å². The molecule has 0 radical (unpaired) electrons. The van der Waals surface area contributed by atoms with Crippen molar-refractivity contribution >= 4 is 0 Å². The van der Waals surface area contributed by atoms with E-state index < -0.39 is 17.2 Å². The molecule has 1 aromatic rings. The van der Waals surface area contributed by atoms with E-state index in [1.165, 1.54) is 16.7 Å². The molecule has 0 unspecified atom stereocenters. The zero-order valence-corrected chi connectivity index (χ0v) is 26.6. The van der Waals surface area contributed by atoms with Gasteiger partial charge in [0.15, 0.2) is 11.6 Å². The average Bonchev–Trinajstić information content (AvgIpc) is 3.58. The molecule has 42 heavy (non-hydrogen) atoms. The zero-order valence-electron chi connectivity index (χ0n) is 26.6. The summed E-state index contributed by atoms with van der Waals surface area (Å²) in [5, 5.41) is 12.3. The van der Waals surface area contributed by atoms with Gasteiger partial charge in [0, 0.05) is 57.7 Å². The normalized spacial score (nSPS) is 38.7. The number of benzene rings is 1. The van der Waals surface area contributed by atoms with Gasteiger partial charge in [-0.3, -0.25) is 0 Å². The number of fused-ring (bicyclic) bond motifs is 4. The highest BCUT2D eigenvalue weighted by Gasteiger charge is 2.65. The van der Waals surface area contributed by atoms with Crippen LogP contribution >= 0.6 is 0 Å². The second-order valence-corrected chi connectivity index (χ2v) is 13.9. The molecule has 3 saturated carbocycles. The fraction of sp³-hybridized carbons (Fsp3) is 0.771. The van der Waals surface area contributed by atoms with Gasteiger partial charge in [-0.25, -0.2) is 0 Å². The Balaban J connectivity index is 1.44.